The number of carbonyl (C=O) groups is 1. The number of aromatic carboxylic acids is 1. The van der Waals surface area contributed by atoms with E-state index in [0.717, 1.165) is 12.0 Å². The minimum absolute atomic E-state index is 0.0367. The third kappa shape index (κ3) is 4.20. The molecule has 7 heteroatoms. The lowest BCUT2D eigenvalue weighted by Crippen LogP contribution is -2.22. The molecule has 2 heterocycles. The first-order valence-electron chi connectivity index (χ1n) is 9.76. The zero-order chi connectivity index (χ0) is 21.7. The van der Waals surface area contributed by atoms with Crippen LogP contribution in [-0.4, -0.2) is 34.2 Å². The Morgan fingerprint density at radius 1 is 1.20 bits per heavy atom. The first kappa shape index (κ1) is 21.1. The highest BCUT2D eigenvalue weighted by molar-refractivity contribution is 5.87. The Hall–Kier alpha value is -3.61. The molecule has 156 valence electrons. The lowest BCUT2D eigenvalue weighted by atomic mass is 10.1. The van der Waals surface area contributed by atoms with Gasteiger partial charge in [-0.05, 0) is 43.7 Å². The quantitative estimate of drug-likeness (QED) is 0.608. The number of carboxylic acids is 1. The first-order chi connectivity index (χ1) is 14.5. The maximum absolute atomic E-state index is 13.0. The highest BCUT2D eigenvalue weighted by Gasteiger charge is 2.13. The van der Waals surface area contributed by atoms with E-state index < -0.39 is 5.97 Å². The lowest BCUT2D eigenvalue weighted by molar-refractivity contribution is 0.0696. The molecule has 7 nitrogen and oxygen atoms in total. The zero-order valence-corrected chi connectivity index (χ0v) is 17.2. The molecule has 0 unspecified atom stereocenters. The largest absolute Gasteiger partial charge is 0.492 e. The number of aromatic nitrogens is 2. The van der Waals surface area contributed by atoms with Crippen molar-refractivity contribution in [1.82, 2.24) is 9.38 Å². The van der Waals surface area contributed by atoms with Crippen LogP contribution < -0.4 is 15.0 Å². The monoisotopic (exact) mass is 408 g/mol. The molecule has 0 bridgehead atoms. The molecular weight excluding hydrogens is 384 g/mol. The van der Waals surface area contributed by atoms with Crippen LogP contribution in [0.25, 0.3) is 17.8 Å². The number of benzene rings is 1. The number of nitrogens with zero attached hydrogens (tertiary/aromatic N) is 2. The molecule has 0 amide bonds. The molecule has 0 aliphatic carbocycles. The summed E-state index contributed by atoms with van der Waals surface area (Å²) in [6, 6.07) is 8.57. The van der Waals surface area contributed by atoms with Crippen molar-refractivity contribution in [3.05, 3.63) is 69.3 Å². The molecule has 3 rings (SSSR count). The summed E-state index contributed by atoms with van der Waals surface area (Å²) in [4.78, 5) is 28.9. The average molecular weight is 408 g/mol. The summed E-state index contributed by atoms with van der Waals surface area (Å²) in [5.74, 6) is 0.158. The van der Waals surface area contributed by atoms with E-state index in [0.29, 0.717) is 41.4 Å². The summed E-state index contributed by atoms with van der Waals surface area (Å²) >= 11 is 0. The molecule has 1 N–H and O–H groups in total. The number of rotatable bonds is 8. The second-order valence-electron chi connectivity index (χ2n) is 6.63. The molecule has 0 fully saturated rings. The summed E-state index contributed by atoms with van der Waals surface area (Å²) in [5, 5.41) is 9.21. The van der Waals surface area contributed by atoms with E-state index in [4.69, 9.17) is 9.47 Å². The fourth-order valence-electron chi connectivity index (χ4n) is 3.26. The smallest absolute Gasteiger partial charge is 0.337 e. The van der Waals surface area contributed by atoms with Gasteiger partial charge >= 0.3 is 5.97 Å². The van der Waals surface area contributed by atoms with E-state index in [9.17, 15) is 14.7 Å². The Labute approximate surface area is 174 Å². The standard InChI is InChI=1S/C23H24N2O5/c1-4-7-17-18(12-10-15-8-6-9-19(30-5-2)21(15)29-3)24-20-13-11-16(23(27)28)14-25(20)22(17)26/h6,8-14H,4-5,7H2,1-3H3,(H,27,28). The van der Waals surface area contributed by atoms with Crippen LogP contribution in [-0.2, 0) is 6.42 Å². The number of ether oxygens (including phenoxy) is 2. The Bertz CT molecular complexity index is 1160. The molecule has 30 heavy (non-hydrogen) atoms. The van der Waals surface area contributed by atoms with Crippen LogP contribution in [0.5, 0.6) is 11.5 Å². The van der Waals surface area contributed by atoms with Gasteiger partial charge in [-0.15, -0.1) is 0 Å². The van der Waals surface area contributed by atoms with Crippen LogP contribution in [0.1, 0.15) is 47.4 Å². The van der Waals surface area contributed by atoms with Gasteiger partial charge in [0, 0.05) is 17.3 Å². The molecule has 0 saturated carbocycles. The summed E-state index contributed by atoms with van der Waals surface area (Å²) < 4.78 is 12.4. The maximum Gasteiger partial charge on any atom is 0.337 e. The van der Waals surface area contributed by atoms with Crippen molar-refractivity contribution in [3.63, 3.8) is 0 Å². The van der Waals surface area contributed by atoms with Gasteiger partial charge in [-0.2, -0.15) is 0 Å². The molecular formula is C23H24N2O5. The molecule has 0 atom stereocenters. The van der Waals surface area contributed by atoms with E-state index in [2.05, 4.69) is 4.98 Å². The number of para-hydroxylation sites is 1. The van der Waals surface area contributed by atoms with Gasteiger partial charge in [0.05, 0.1) is 25.0 Å². The molecule has 1 aromatic carbocycles. The van der Waals surface area contributed by atoms with Crippen LogP contribution in [0.3, 0.4) is 0 Å². The van der Waals surface area contributed by atoms with Gasteiger partial charge in [-0.25, -0.2) is 9.78 Å². The van der Waals surface area contributed by atoms with E-state index in [1.165, 1.54) is 22.7 Å². The fourth-order valence-corrected chi connectivity index (χ4v) is 3.26. The normalized spacial score (nSPS) is 11.2. The predicted molar refractivity (Wildman–Crippen MR) is 116 cm³/mol. The van der Waals surface area contributed by atoms with Crippen molar-refractivity contribution in [1.29, 1.82) is 0 Å². The third-order valence-corrected chi connectivity index (χ3v) is 4.63. The van der Waals surface area contributed by atoms with Gasteiger partial charge in [0.15, 0.2) is 11.5 Å². The van der Waals surface area contributed by atoms with Gasteiger partial charge in [0.1, 0.15) is 5.65 Å². The molecule has 0 spiro atoms. The summed E-state index contributed by atoms with van der Waals surface area (Å²) in [7, 11) is 1.58. The maximum atomic E-state index is 13.0. The number of hydrogen-bond acceptors (Lipinski definition) is 5. The predicted octanol–water partition coefficient (Wildman–Crippen LogP) is 3.92. The lowest BCUT2D eigenvalue weighted by Gasteiger charge is -2.12. The second-order valence-corrected chi connectivity index (χ2v) is 6.63. The van der Waals surface area contributed by atoms with Crippen LogP contribution >= 0.6 is 0 Å². The van der Waals surface area contributed by atoms with Gasteiger partial charge in [0.25, 0.3) is 5.56 Å². The minimum atomic E-state index is -1.09. The SMILES string of the molecule is CCCc1c(C=Cc2cccc(OCC)c2OC)nc2ccc(C(=O)O)cn2c1=O. The molecule has 0 aliphatic rings. The van der Waals surface area contributed by atoms with Gasteiger partial charge < -0.3 is 14.6 Å². The van der Waals surface area contributed by atoms with Crippen LogP contribution in [0, 0.1) is 0 Å². The van der Waals surface area contributed by atoms with Crippen molar-refractivity contribution in [2.75, 3.05) is 13.7 Å². The number of fused-ring (bicyclic) bond motifs is 1. The van der Waals surface area contributed by atoms with Crippen molar-refractivity contribution in [2.24, 2.45) is 0 Å². The Morgan fingerprint density at radius 2 is 2.00 bits per heavy atom. The molecule has 0 aliphatic heterocycles. The second kappa shape index (κ2) is 9.26. The van der Waals surface area contributed by atoms with Crippen molar-refractivity contribution < 1.29 is 19.4 Å². The van der Waals surface area contributed by atoms with Gasteiger partial charge in [0.2, 0.25) is 0 Å². The molecule has 3 aromatic rings. The average Bonchev–Trinajstić information content (AvgIpc) is 2.74. The van der Waals surface area contributed by atoms with Crippen molar-refractivity contribution in [2.45, 2.75) is 26.7 Å². The Morgan fingerprint density at radius 3 is 2.67 bits per heavy atom. The molecule has 0 radical (unpaired) electrons. The van der Waals surface area contributed by atoms with Crippen LogP contribution in [0.4, 0.5) is 0 Å². The Kier molecular flexibility index (Phi) is 6.51. The molecule has 2 aromatic heterocycles. The number of carboxylic acid groups (broad SMARTS) is 1. The number of methoxy groups -OCH3 is 1. The first-order valence-corrected chi connectivity index (χ1v) is 9.76. The van der Waals surface area contributed by atoms with Crippen molar-refractivity contribution >= 4 is 23.8 Å². The summed E-state index contributed by atoms with van der Waals surface area (Å²) in [6.07, 6.45) is 6.22. The highest BCUT2D eigenvalue weighted by atomic mass is 16.5. The van der Waals surface area contributed by atoms with E-state index >= 15 is 0 Å². The summed E-state index contributed by atoms with van der Waals surface area (Å²) in [5.41, 5.74) is 2.05. The van der Waals surface area contributed by atoms with E-state index in [1.54, 1.807) is 13.2 Å². The zero-order valence-electron chi connectivity index (χ0n) is 17.2. The highest BCUT2D eigenvalue weighted by Crippen LogP contribution is 2.32. The van der Waals surface area contributed by atoms with Gasteiger partial charge in [-0.1, -0.05) is 25.5 Å². The fraction of sp³-hybridized carbons (Fsp3) is 0.261. The van der Waals surface area contributed by atoms with Crippen molar-refractivity contribution in [3.8, 4) is 11.5 Å². The third-order valence-electron chi connectivity index (χ3n) is 4.63. The summed E-state index contributed by atoms with van der Waals surface area (Å²) in [6.45, 7) is 4.40. The minimum Gasteiger partial charge on any atom is -0.492 e. The van der Waals surface area contributed by atoms with Gasteiger partial charge in [-0.3, -0.25) is 9.20 Å². The number of pyridine rings is 1. The topological polar surface area (TPSA) is 90.1 Å². The number of hydrogen-bond donors (Lipinski definition) is 1. The van der Waals surface area contributed by atoms with E-state index in [-0.39, 0.29) is 11.1 Å². The Balaban J connectivity index is 2.13. The molecule has 0 saturated heterocycles. The van der Waals surface area contributed by atoms with E-state index in [1.807, 2.05) is 38.1 Å². The van der Waals surface area contributed by atoms with Crippen LogP contribution in [0.2, 0.25) is 0 Å². The van der Waals surface area contributed by atoms with Crippen LogP contribution in [0.15, 0.2) is 41.3 Å².